The van der Waals surface area contributed by atoms with E-state index in [4.69, 9.17) is 0 Å². The van der Waals surface area contributed by atoms with Gasteiger partial charge in [-0.2, -0.15) is 0 Å². The summed E-state index contributed by atoms with van der Waals surface area (Å²) < 4.78 is 0. The zero-order valence-corrected chi connectivity index (χ0v) is 18.6. The van der Waals surface area contributed by atoms with E-state index >= 15 is 0 Å². The number of rotatable bonds is 6. The van der Waals surface area contributed by atoms with Gasteiger partial charge in [-0.1, -0.05) is 36.4 Å². The second-order valence-electron chi connectivity index (χ2n) is 7.58. The SMILES string of the molecule is CN(C)c1cccc(P(c2cccc(N(C)C)c2)c2cccc(N(C)C)c2)c1. The van der Waals surface area contributed by atoms with E-state index in [1.165, 1.54) is 33.0 Å². The lowest BCUT2D eigenvalue weighted by Gasteiger charge is -2.24. The van der Waals surface area contributed by atoms with E-state index in [2.05, 4.69) is 130 Å². The fourth-order valence-corrected chi connectivity index (χ4v) is 5.56. The molecular formula is C24H30N3P. The van der Waals surface area contributed by atoms with Crippen LogP contribution < -0.4 is 30.6 Å². The second-order valence-corrected chi connectivity index (χ2v) is 9.80. The maximum absolute atomic E-state index is 2.33. The number of hydrogen-bond donors (Lipinski definition) is 0. The molecule has 3 nitrogen and oxygen atoms in total. The Balaban J connectivity index is 2.18. The van der Waals surface area contributed by atoms with Crippen molar-refractivity contribution in [2.45, 2.75) is 0 Å². The molecule has 3 aromatic rings. The van der Waals surface area contributed by atoms with Crippen LogP contribution in [0.5, 0.6) is 0 Å². The van der Waals surface area contributed by atoms with Crippen molar-refractivity contribution in [1.82, 2.24) is 0 Å². The van der Waals surface area contributed by atoms with Gasteiger partial charge in [0.15, 0.2) is 0 Å². The molecule has 3 rings (SSSR count). The maximum atomic E-state index is 2.33. The summed E-state index contributed by atoms with van der Waals surface area (Å²) in [5.74, 6) is 0. The molecule has 0 N–H and O–H groups in total. The van der Waals surface area contributed by atoms with Gasteiger partial charge in [0, 0.05) is 59.3 Å². The molecule has 0 saturated carbocycles. The molecule has 0 fully saturated rings. The molecule has 0 aliphatic heterocycles. The van der Waals surface area contributed by atoms with Gasteiger partial charge < -0.3 is 14.7 Å². The summed E-state index contributed by atoms with van der Waals surface area (Å²) in [6, 6.07) is 26.8. The first-order valence-corrected chi connectivity index (χ1v) is 10.8. The summed E-state index contributed by atoms with van der Waals surface area (Å²) in [4.78, 5) is 6.51. The van der Waals surface area contributed by atoms with Gasteiger partial charge in [-0.05, 0) is 60.2 Å². The van der Waals surface area contributed by atoms with Gasteiger partial charge in [0.25, 0.3) is 0 Å². The van der Waals surface area contributed by atoms with Crippen molar-refractivity contribution < 1.29 is 0 Å². The average Bonchev–Trinajstić information content (AvgIpc) is 2.69. The van der Waals surface area contributed by atoms with Crippen LogP contribution in [0, 0.1) is 0 Å². The van der Waals surface area contributed by atoms with Gasteiger partial charge in [-0.15, -0.1) is 0 Å². The van der Waals surface area contributed by atoms with Crippen LogP contribution in [0.1, 0.15) is 0 Å². The van der Waals surface area contributed by atoms with Gasteiger partial charge in [-0.3, -0.25) is 0 Å². The summed E-state index contributed by atoms with van der Waals surface area (Å²) >= 11 is 0. The molecule has 0 amide bonds. The lowest BCUT2D eigenvalue weighted by atomic mass is 10.3. The molecule has 0 atom stereocenters. The number of benzene rings is 3. The molecule has 0 aromatic heterocycles. The third-order valence-corrected chi connectivity index (χ3v) is 7.20. The Kier molecular flexibility index (Phi) is 6.26. The van der Waals surface area contributed by atoms with Gasteiger partial charge >= 0.3 is 0 Å². The molecule has 0 spiro atoms. The molecule has 0 heterocycles. The van der Waals surface area contributed by atoms with Crippen LogP contribution in [-0.4, -0.2) is 42.3 Å². The van der Waals surface area contributed by atoms with Crippen molar-refractivity contribution in [3.8, 4) is 0 Å². The quantitative estimate of drug-likeness (QED) is 0.594. The van der Waals surface area contributed by atoms with Crippen molar-refractivity contribution in [3.63, 3.8) is 0 Å². The number of nitrogens with zero attached hydrogens (tertiary/aromatic N) is 3. The van der Waals surface area contributed by atoms with Gasteiger partial charge in [-0.25, -0.2) is 0 Å². The summed E-state index contributed by atoms with van der Waals surface area (Å²) in [6.07, 6.45) is 0. The molecular weight excluding hydrogens is 361 g/mol. The van der Waals surface area contributed by atoms with Crippen LogP contribution in [0.2, 0.25) is 0 Å². The zero-order chi connectivity index (χ0) is 20.3. The molecule has 146 valence electrons. The summed E-state index contributed by atoms with van der Waals surface area (Å²) in [5, 5.41) is 4.11. The minimum atomic E-state index is -0.649. The Morgan fingerprint density at radius 2 is 0.750 bits per heavy atom. The van der Waals surface area contributed by atoms with E-state index in [0.29, 0.717) is 0 Å². The summed E-state index contributed by atoms with van der Waals surface area (Å²) in [7, 11) is 11.9. The number of hydrogen-bond acceptors (Lipinski definition) is 3. The molecule has 0 saturated heterocycles. The molecule has 28 heavy (non-hydrogen) atoms. The second kappa shape index (κ2) is 8.67. The first-order chi connectivity index (χ1) is 13.4. The predicted molar refractivity (Wildman–Crippen MR) is 128 cm³/mol. The van der Waals surface area contributed by atoms with E-state index in [9.17, 15) is 0 Å². The smallest absolute Gasteiger partial charge is 0.0367 e. The molecule has 0 bridgehead atoms. The third-order valence-electron chi connectivity index (χ3n) is 4.81. The van der Waals surface area contributed by atoms with E-state index in [0.717, 1.165) is 0 Å². The highest BCUT2D eigenvalue weighted by Crippen LogP contribution is 2.35. The highest BCUT2D eigenvalue weighted by atomic mass is 31.1. The summed E-state index contributed by atoms with van der Waals surface area (Å²) in [6.45, 7) is 0. The van der Waals surface area contributed by atoms with Crippen molar-refractivity contribution >= 4 is 40.9 Å². The average molecular weight is 391 g/mol. The fraction of sp³-hybridized carbons (Fsp3) is 0.250. The normalized spacial score (nSPS) is 10.8. The zero-order valence-electron chi connectivity index (χ0n) is 17.7. The Labute approximate surface area is 171 Å². The monoisotopic (exact) mass is 391 g/mol. The van der Waals surface area contributed by atoms with Crippen molar-refractivity contribution in [3.05, 3.63) is 72.8 Å². The molecule has 4 heteroatoms. The van der Waals surface area contributed by atoms with Crippen LogP contribution in [0.4, 0.5) is 17.1 Å². The Hall–Kier alpha value is -2.51. The van der Waals surface area contributed by atoms with Crippen LogP contribution in [0.15, 0.2) is 72.8 Å². The van der Waals surface area contributed by atoms with E-state index in [-0.39, 0.29) is 0 Å². The minimum absolute atomic E-state index is 0.649. The molecule has 0 radical (unpaired) electrons. The maximum Gasteiger partial charge on any atom is 0.0367 e. The van der Waals surface area contributed by atoms with Crippen LogP contribution in [0.25, 0.3) is 0 Å². The molecule has 0 aliphatic rings. The highest BCUT2D eigenvalue weighted by Gasteiger charge is 2.18. The largest absolute Gasteiger partial charge is 0.378 e. The Morgan fingerprint density at radius 3 is 1.00 bits per heavy atom. The third kappa shape index (κ3) is 4.48. The van der Waals surface area contributed by atoms with Crippen LogP contribution >= 0.6 is 7.92 Å². The van der Waals surface area contributed by atoms with Crippen molar-refractivity contribution in [2.24, 2.45) is 0 Å². The first kappa shape index (κ1) is 20.2. The first-order valence-electron chi connectivity index (χ1n) is 9.49. The molecule has 0 aliphatic carbocycles. The molecule has 3 aromatic carbocycles. The van der Waals surface area contributed by atoms with Gasteiger partial charge in [0.2, 0.25) is 0 Å². The standard InChI is InChI=1S/C24H30N3P/c1-25(2)19-10-7-13-22(16-19)28(23-14-8-11-20(17-23)26(3)4)24-15-9-12-21(18-24)27(5)6/h7-18H,1-6H3. The summed E-state index contributed by atoms with van der Waals surface area (Å²) in [5.41, 5.74) is 3.70. The number of anilines is 3. The highest BCUT2D eigenvalue weighted by molar-refractivity contribution is 7.79. The van der Waals surface area contributed by atoms with E-state index in [1.807, 2.05) is 0 Å². The topological polar surface area (TPSA) is 9.72 Å². The predicted octanol–water partition coefficient (Wildman–Crippen LogP) is 3.64. The van der Waals surface area contributed by atoms with Gasteiger partial charge in [0.05, 0.1) is 0 Å². The Bertz CT molecular complexity index is 812. The molecule has 0 unspecified atom stereocenters. The van der Waals surface area contributed by atoms with Crippen molar-refractivity contribution in [2.75, 3.05) is 57.0 Å². The van der Waals surface area contributed by atoms with E-state index < -0.39 is 7.92 Å². The minimum Gasteiger partial charge on any atom is -0.378 e. The lowest BCUT2D eigenvalue weighted by molar-refractivity contribution is 1.13. The lowest BCUT2D eigenvalue weighted by Crippen LogP contribution is -2.23. The van der Waals surface area contributed by atoms with Gasteiger partial charge in [0.1, 0.15) is 0 Å². The van der Waals surface area contributed by atoms with E-state index in [1.54, 1.807) is 0 Å². The van der Waals surface area contributed by atoms with Crippen LogP contribution in [0.3, 0.4) is 0 Å². The van der Waals surface area contributed by atoms with Crippen molar-refractivity contribution in [1.29, 1.82) is 0 Å². The fourth-order valence-electron chi connectivity index (χ4n) is 3.18. The Morgan fingerprint density at radius 1 is 0.464 bits per heavy atom. The van der Waals surface area contributed by atoms with Crippen LogP contribution in [-0.2, 0) is 0 Å².